The lowest BCUT2D eigenvalue weighted by molar-refractivity contribution is -0.119. The van der Waals surface area contributed by atoms with Crippen LogP contribution in [0.1, 0.15) is 48.5 Å². The number of anilines is 1. The van der Waals surface area contributed by atoms with E-state index in [0.717, 1.165) is 27.8 Å². The van der Waals surface area contributed by atoms with Crippen molar-refractivity contribution in [2.75, 3.05) is 11.9 Å². The predicted molar refractivity (Wildman–Crippen MR) is 110 cm³/mol. The summed E-state index contributed by atoms with van der Waals surface area (Å²) in [4.78, 5) is 30.2. The number of benzene rings is 1. The summed E-state index contributed by atoms with van der Waals surface area (Å²) in [5, 5.41) is 3.01. The SMILES string of the molecule is CC1(C)CC(=O)c2sc(NC(=O)[C@H]3CCCN3S(=O)(=O)c3ccc(F)cc3)nc2C1. The van der Waals surface area contributed by atoms with Crippen LogP contribution in [0, 0.1) is 11.2 Å². The molecule has 1 aromatic carbocycles. The summed E-state index contributed by atoms with van der Waals surface area (Å²) in [6, 6.07) is 3.67. The lowest BCUT2D eigenvalue weighted by atomic mass is 9.78. The van der Waals surface area contributed by atoms with Crippen molar-refractivity contribution in [1.82, 2.24) is 9.29 Å². The van der Waals surface area contributed by atoms with Crippen LogP contribution >= 0.6 is 11.3 Å². The van der Waals surface area contributed by atoms with Crippen LogP contribution in [0.3, 0.4) is 0 Å². The second-order valence-electron chi connectivity index (χ2n) is 8.45. The molecular formula is C20H22FN3O4S2. The highest BCUT2D eigenvalue weighted by Gasteiger charge is 2.40. The van der Waals surface area contributed by atoms with Gasteiger partial charge < -0.3 is 5.32 Å². The maximum atomic E-state index is 13.2. The second-order valence-corrected chi connectivity index (χ2v) is 11.3. The van der Waals surface area contributed by atoms with Crippen molar-refractivity contribution < 1.29 is 22.4 Å². The third-order valence-electron chi connectivity index (χ3n) is 5.39. The van der Waals surface area contributed by atoms with Gasteiger partial charge in [-0.25, -0.2) is 17.8 Å². The van der Waals surface area contributed by atoms with Crippen molar-refractivity contribution in [3.05, 3.63) is 40.7 Å². The minimum absolute atomic E-state index is 0.0145. The number of amides is 1. The molecule has 1 saturated heterocycles. The third-order valence-corrected chi connectivity index (χ3v) is 8.37. The molecule has 2 heterocycles. The Hall–Kier alpha value is -2.17. The molecule has 2 aliphatic rings. The largest absolute Gasteiger partial charge is 0.301 e. The number of carbonyl (C=O) groups excluding carboxylic acids is 2. The van der Waals surface area contributed by atoms with Crippen LogP contribution in [0.2, 0.25) is 0 Å². The number of nitrogens with zero attached hydrogens (tertiary/aromatic N) is 2. The van der Waals surface area contributed by atoms with Gasteiger partial charge in [-0.15, -0.1) is 0 Å². The number of halogens is 1. The van der Waals surface area contributed by atoms with E-state index in [0.29, 0.717) is 41.4 Å². The maximum Gasteiger partial charge on any atom is 0.244 e. The number of rotatable bonds is 4. The highest BCUT2D eigenvalue weighted by Crippen LogP contribution is 2.38. The molecule has 1 aliphatic carbocycles. The lowest BCUT2D eigenvalue weighted by Crippen LogP contribution is -2.43. The Labute approximate surface area is 178 Å². The molecule has 1 atom stereocenters. The van der Waals surface area contributed by atoms with E-state index in [2.05, 4.69) is 10.3 Å². The van der Waals surface area contributed by atoms with Crippen LogP contribution in [0.4, 0.5) is 9.52 Å². The van der Waals surface area contributed by atoms with Gasteiger partial charge in [-0.3, -0.25) is 9.59 Å². The molecule has 7 nitrogen and oxygen atoms in total. The molecule has 0 spiro atoms. The van der Waals surface area contributed by atoms with Crippen molar-refractivity contribution in [3.63, 3.8) is 0 Å². The summed E-state index contributed by atoms with van der Waals surface area (Å²) in [5.74, 6) is -0.994. The zero-order chi connectivity index (χ0) is 21.7. The van der Waals surface area contributed by atoms with E-state index in [1.54, 1.807) is 0 Å². The highest BCUT2D eigenvalue weighted by molar-refractivity contribution is 7.89. The van der Waals surface area contributed by atoms with Gasteiger partial charge in [-0.2, -0.15) is 4.31 Å². The van der Waals surface area contributed by atoms with E-state index in [-0.39, 0.29) is 22.6 Å². The quantitative estimate of drug-likeness (QED) is 0.770. The molecule has 0 unspecified atom stereocenters. The van der Waals surface area contributed by atoms with Crippen molar-refractivity contribution >= 4 is 38.2 Å². The number of ketones is 1. The maximum absolute atomic E-state index is 13.2. The predicted octanol–water partition coefficient (Wildman–Crippen LogP) is 3.23. The molecule has 1 aromatic heterocycles. The number of nitrogens with one attached hydrogen (secondary N) is 1. The van der Waals surface area contributed by atoms with Gasteiger partial charge in [0, 0.05) is 13.0 Å². The molecule has 10 heteroatoms. The van der Waals surface area contributed by atoms with Crippen molar-refractivity contribution in [3.8, 4) is 0 Å². The smallest absolute Gasteiger partial charge is 0.244 e. The van der Waals surface area contributed by atoms with Crippen LogP contribution < -0.4 is 5.32 Å². The minimum Gasteiger partial charge on any atom is -0.301 e. The van der Waals surface area contributed by atoms with Crippen molar-refractivity contribution in [2.24, 2.45) is 5.41 Å². The fourth-order valence-corrected chi connectivity index (χ4v) is 6.57. The van der Waals surface area contributed by atoms with Gasteiger partial charge in [0.05, 0.1) is 15.5 Å². The Morgan fingerprint density at radius 2 is 1.97 bits per heavy atom. The molecule has 160 valence electrons. The summed E-state index contributed by atoms with van der Waals surface area (Å²) in [5.41, 5.74) is 0.504. The van der Waals surface area contributed by atoms with E-state index in [9.17, 15) is 22.4 Å². The standard InChI is InChI=1S/C20H22FN3O4S2/c1-20(2)10-14-17(16(25)11-20)29-19(22-14)23-18(26)15-4-3-9-24(15)30(27,28)13-7-5-12(21)6-8-13/h5-8,15H,3-4,9-11H2,1-2H3,(H,22,23,26)/t15-/m1/s1. The first-order valence-corrected chi connectivity index (χ1v) is 11.9. The molecule has 1 amide bonds. The average molecular weight is 452 g/mol. The van der Waals surface area contributed by atoms with E-state index < -0.39 is 27.8 Å². The molecule has 0 radical (unpaired) electrons. The highest BCUT2D eigenvalue weighted by atomic mass is 32.2. The molecule has 1 aliphatic heterocycles. The molecule has 1 N–H and O–H groups in total. The van der Waals surface area contributed by atoms with Crippen molar-refractivity contribution in [2.45, 2.75) is 50.5 Å². The van der Waals surface area contributed by atoms with Crippen LogP contribution in [0.5, 0.6) is 0 Å². The van der Waals surface area contributed by atoms with Gasteiger partial charge in [0.25, 0.3) is 0 Å². The van der Waals surface area contributed by atoms with E-state index in [1.165, 1.54) is 12.1 Å². The van der Waals surface area contributed by atoms with Gasteiger partial charge in [0.2, 0.25) is 15.9 Å². The Kier molecular flexibility index (Phi) is 5.27. The Morgan fingerprint density at radius 3 is 2.67 bits per heavy atom. The van der Waals surface area contributed by atoms with Gasteiger partial charge in [-0.05, 0) is 48.9 Å². The van der Waals surface area contributed by atoms with Gasteiger partial charge in [0.1, 0.15) is 11.9 Å². The summed E-state index contributed by atoms with van der Waals surface area (Å²) < 4.78 is 40.2. The zero-order valence-corrected chi connectivity index (χ0v) is 18.3. The summed E-state index contributed by atoms with van der Waals surface area (Å²) in [6.07, 6.45) is 2.00. The summed E-state index contributed by atoms with van der Waals surface area (Å²) in [6.45, 7) is 4.21. The molecule has 0 saturated carbocycles. The molecule has 30 heavy (non-hydrogen) atoms. The van der Waals surface area contributed by atoms with Crippen LogP contribution in [0.25, 0.3) is 0 Å². The average Bonchev–Trinajstić information content (AvgIpc) is 3.28. The van der Waals surface area contributed by atoms with Crippen LogP contribution in [-0.4, -0.2) is 42.0 Å². The number of carbonyl (C=O) groups is 2. The monoisotopic (exact) mass is 451 g/mol. The van der Waals surface area contributed by atoms with Gasteiger partial charge in [-0.1, -0.05) is 25.2 Å². The number of hydrogen-bond acceptors (Lipinski definition) is 6. The number of aromatic nitrogens is 1. The van der Waals surface area contributed by atoms with Crippen molar-refractivity contribution in [1.29, 1.82) is 0 Å². The van der Waals surface area contributed by atoms with Gasteiger partial charge >= 0.3 is 0 Å². The molecule has 1 fully saturated rings. The lowest BCUT2D eigenvalue weighted by Gasteiger charge is -2.26. The Morgan fingerprint density at radius 1 is 1.27 bits per heavy atom. The summed E-state index contributed by atoms with van der Waals surface area (Å²) in [7, 11) is -3.93. The number of thiazole rings is 1. The Balaban J connectivity index is 1.54. The minimum atomic E-state index is -3.93. The zero-order valence-electron chi connectivity index (χ0n) is 16.6. The van der Waals surface area contributed by atoms with E-state index >= 15 is 0 Å². The van der Waals surface area contributed by atoms with Crippen LogP contribution in [-0.2, 0) is 21.2 Å². The second kappa shape index (κ2) is 7.51. The number of Topliss-reactive ketones (excluding diaryl/α,β-unsaturated/α-hetero) is 1. The molecule has 0 bridgehead atoms. The fraction of sp³-hybridized carbons (Fsp3) is 0.450. The fourth-order valence-electron chi connectivity index (χ4n) is 3.99. The third kappa shape index (κ3) is 3.91. The molecular weight excluding hydrogens is 429 g/mol. The number of hydrogen-bond donors (Lipinski definition) is 1. The number of fused-ring (bicyclic) bond motifs is 1. The number of sulfonamides is 1. The topological polar surface area (TPSA) is 96.4 Å². The molecule has 4 rings (SSSR count). The van der Waals surface area contributed by atoms with E-state index in [1.807, 2.05) is 13.8 Å². The first-order valence-electron chi connectivity index (χ1n) is 9.68. The summed E-state index contributed by atoms with van der Waals surface area (Å²) >= 11 is 1.14. The normalized spacial score (nSPS) is 21.4. The van der Waals surface area contributed by atoms with Crippen LogP contribution in [0.15, 0.2) is 29.2 Å². The van der Waals surface area contributed by atoms with E-state index in [4.69, 9.17) is 0 Å². The first-order chi connectivity index (χ1) is 14.1. The Bertz CT molecular complexity index is 1110. The van der Waals surface area contributed by atoms with Gasteiger partial charge in [0.15, 0.2) is 10.9 Å². The molecule has 2 aromatic rings. The first kappa shape index (κ1) is 21.1.